The van der Waals surface area contributed by atoms with Crippen molar-refractivity contribution in [1.82, 2.24) is 24.2 Å². The summed E-state index contributed by atoms with van der Waals surface area (Å²) < 4.78 is 43.4. The van der Waals surface area contributed by atoms with Crippen LogP contribution in [0.2, 0.25) is 5.02 Å². The zero-order valence-electron chi connectivity index (χ0n) is 16.3. The van der Waals surface area contributed by atoms with E-state index in [9.17, 15) is 22.8 Å². The monoisotopic (exact) mass is 443 g/mol. The smallest absolute Gasteiger partial charge is 0.341 e. The van der Waals surface area contributed by atoms with Gasteiger partial charge in [0.1, 0.15) is 11.9 Å². The van der Waals surface area contributed by atoms with E-state index < -0.39 is 29.7 Å². The van der Waals surface area contributed by atoms with Crippen LogP contribution in [-0.4, -0.2) is 49.4 Å². The molecule has 4 heterocycles. The summed E-state index contributed by atoms with van der Waals surface area (Å²) in [7, 11) is 0. The molecule has 2 aliphatic rings. The number of aromatic nitrogens is 4. The number of aryl methyl sites for hydroxylation is 1. The van der Waals surface area contributed by atoms with Crippen LogP contribution in [0.1, 0.15) is 37.3 Å². The molecule has 0 saturated carbocycles. The van der Waals surface area contributed by atoms with E-state index in [1.807, 2.05) is 6.92 Å². The van der Waals surface area contributed by atoms with Gasteiger partial charge in [-0.25, -0.2) is 9.48 Å². The number of pyridine rings is 1. The lowest BCUT2D eigenvalue weighted by molar-refractivity contribution is -0.196. The molecular weight excluding hydrogens is 423 g/mol. The molecule has 11 heteroatoms. The van der Waals surface area contributed by atoms with E-state index in [1.165, 1.54) is 11.1 Å². The van der Waals surface area contributed by atoms with Crippen molar-refractivity contribution in [3.63, 3.8) is 0 Å². The predicted octanol–water partition coefficient (Wildman–Crippen LogP) is 2.68. The highest BCUT2D eigenvalue weighted by Gasteiger charge is 2.52. The lowest BCUT2D eigenvalue weighted by Gasteiger charge is -2.34. The fourth-order valence-corrected chi connectivity index (χ4v) is 4.35. The van der Waals surface area contributed by atoms with Crippen LogP contribution in [0.15, 0.2) is 23.1 Å². The van der Waals surface area contributed by atoms with E-state index in [1.54, 1.807) is 12.1 Å². The standard InChI is InChI=1S/C19H21ClF3N5O2/c1-11-6-7-26(9-11)17(29)16-14(19(21,22)23)4-5-15-25-27(18(30)28(15)16)10-13-3-2-12(20)8-24-13/h2-3,8,11,14,16H,4-7,9-10H2,1H3/t11-,14?,16?/m0/s1. The van der Waals surface area contributed by atoms with Crippen LogP contribution in [0, 0.1) is 11.8 Å². The quantitative estimate of drug-likeness (QED) is 0.731. The number of alkyl halides is 3. The number of carbonyl (C=O) groups is 1. The molecule has 0 bridgehead atoms. The number of hydrogen-bond donors (Lipinski definition) is 0. The van der Waals surface area contributed by atoms with E-state index in [0.717, 1.165) is 15.7 Å². The van der Waals surface area contributed by atoms with Crippen molar-refractivity contribution in [2.24, 2.45) is 11.8 Å². The third kappa shape index (κ3) is 3.84. The molecule has 1 amide bonds. The predicted molar refractivity (Wildman–Crippen MR) is 102 cm³/mol. The summed E-state index contributed by atoms with van der Waals surface area (Å²) in [6.45, 7) is 2.72. The molecule has 1 fully saturated rings. The Kier molecular flexibility index (Phi) is 5.37. The van der Waals surface area contributed by atoms with Gasteiger partial charge in [-0.15, -0.1) is 0 Å². The van der Waals surface area contributed by atoms with Gasteiger partial charge in [-0.05, 0) is 30.9 Å². The number of hydrogen-bond acceptors (Lipinski definition) is 4. The SMILES string of the molecule is C[C@H]1CCN(C(=O)C2C(C(F)(F)F)CCc3nn(Cc4ccc(Cl)cn4)c(=O)n32)C1. The molecule has 2 aromatic rings. The molecule has 162 valence electrons. The maximum absolute atomic E-state index is 13.8. The van der Waals surface area contributed by atoms with Crippen LogP contribution in [0.25, 0.3) is 0 Å². The van der Waals surface area contributed by atoms with Gasteiger partial charge in [0.15, 0.2) is 0 Å². The van der Waals surface area contributed by atoms with Crippen LogP contribution in [0.3, 0.4) is 0 Å². The molecule has 0 N–H and O–H groups in total. The van der Waals surface area contributed by atoms with Gasteiger partial charge in [0, 0.05) is 25.7 Å². The molecular formula is C19H21ClF3N5O2. The Morgan fingerprint density at radius 2 is 2.07 bits per heavy atom. The first kappa shape index (κ1) is 20.9. The second-order valence-electron chi connectivity index (χ2n) is 8.00. The molecule has 2 unspecified atom stereocenters. The van der Waals surface area contributed by atoms with E-state index in [0.29, 0.717) is 23.8 Å². The molecule has 4 rings (SSSR count). The molecule has 30 heavy (non-hydrogen) atoms. The van der Waals surface area contributed by atoms with Gasteiger partial charge in [0.2, 0.25) is 5.91 Å². The number of rotatable bonds is 3. The van der Waals surface area contributed by atoms with Gasteiger partial charge in [-0.3, -0.25) is 14.3 Å². The molecule has 0 aromatic carbocycles. The summed E-state index contributed by atoms with van der Waals surface area (Å²) in [6, 6.07) is 1.59. The lowest BCUT2D eigenvalue weighted by atomic mass is 9.89. The van der Waals surface area contributed by atoms with E-state index in [-0.39, 0.29) is 31.1 Å². The van der Waals surface area contributed by atoms with Crippen LogP contribution >= 0.6 is 11.6 Å². The van der Waals surface area contributed by atoms with Crippen molar-refractivity contribution in [2.75, 3.05) is 13.1 Å². The van der Waals surface area contributed by atoms with Gasteiger partial charge >= 0.3 is 11.9 Å². The minimum absolute atomic E-state index is 0.0195. The highest BCUT2D eigenvalue weighted by atomic mass is 35.5. The topological polar surface area (TPSA) is 73.0 Å². The third-order valence-corrected chi connectivity index (χ3v) is 6.01. The molecule has 2 aliphatic heterocycles. The first-order valence-electron chi connectivity index (χ1n) is 9.79. The maximum Gasteiger partial charge on any atom is 0.394 e. The number of halogens is 4. The number of carbonyl (C=O) groups excluding carboxylic acids is 1. The van der Waals surface area contributed by atoms with Crippen molar-refractivity contribution in [1.29, 1.82) is 0 Å². The Morgan fingerprint density at radius 3 is 2.67 bits per heavy atom. The zero-order chi connectivity index (χ0) is 21.6. The Hall–Kier alpha value is -2.36. The summed E-state index contributed by atoms with van der Waals surface area (Å²) >= 11 is 5.81. The average Bonchev–Trinajstić information content (AvgIpc) is 3.25. The van der Waals surface area contributed by atoms with Gasteiger partial charge in [0.05, 0.1) is 23.2 Å². The second-order valence-corrected chi connectivity index (χ2v) is 8.44. The minimum Gasteiger partial charge on any atom is -0.341 e. The molecule has 2 aromatic heterocycles. The van der Waals surface area contributed by atoms with Crippen LogP contribution in [-0.2, 0) is 17.8 Å². The Balaban J connectivity index is 1.72. The highest BCUT2D eigenvalue weighted by molar-refractivity contribution is 6.30. The lowest BCUT2D eigenvalue weighted by Crippen LogP contribution is -2.49. The number of nitrogens with zero attached hydrogens (tertiary/aromatic N) is 5. The van der Waals surface area contributed by atoms with E-state index >= 15 is 0 Å². The number of amides is 1. The third-order valence-electron chi connectivity index (χ3n) is 5.79. The number of fused-ring (bicyclic) bond motifs is 1. The van der Waals surface area contributed by atoms with Gasteiger partial charge in [0.25, 0.3) is 0 Å². The minimum atomic E-state index is -4.59. The highest BCUT2D eigenvalue weighted by Crippen LogP contribution is 2.42. The number of likely N-dealkylation sites (tertiary alicyclic amines) is 1. The molecule has 0 spiro atoms. The van der Waals surface area contributed by atoms with Gasteiger partial charge < -0.3 is 4.90 Å². The van der Waals surface area contributed by atoms with Gasteiger partial charge in [-0.1, -0.05) is 18.5 Å². The van der Waals surface area contributed by atoms with E-state index in [2.05, 4.69) is 10.1 Å². The van der Waals surface area contributed by atoms with Crippen molar-refractivity contribution in [2.45, 2.75) is 44.9 Å². The maximum atomic E-state index is 13.8. The fraction of sp³-hybridized carbons (Fsp3) is 0.579. The Morgan fingerprint density at radius 1 is 1.30 bits per heavy atom. The fourth-order valence-electron chi connectivity index (χ4n) is 4.24. The largest absolute Gasteiger partial charge is 0.394 e. The molecule has 7 nitrogen and oxygen atoms in total. The first-order chi connectivity index (χ1) is 14.1. The summed E-state index contributed by atoms with van der Waals surface area (Å²) in [5.74, 6) is -2.16. The molecule has 3 atom stereocenters. The first-order valence-corrected chi connectivity index (χ1v) is 10.2. The Bertz CT molecular complexity index is 1000. The summed E-state index contributed by atoms with van der Waals surface area (Å²) in [5.41, 5.74) is -0.248. The van der Waals surface area contributed by atoms with Crippen molar-refractivity contribution >= 4 is 17.5 Å². The second kappa shape index (κ2) is 7.72. The normalized spacial score (nSPS) is 24.2. The summed E-state index contributed by atoms with van der Waals surface area (Å²) in [6.07, 6.45) is -2.75. The summed E-state index contributed by atoms with van der Waals surface area (Å²) in [4.78, 5) is 31.7. The van der Waals surface area contributed by atoms with Gasteiger partial charge in [-0.2, -0.15) is 18.3 Å². The average molecular weight is 444 g/mol. The van der Waals surface area contributed by atoms with Crippen molar-refractivity contribution < 1.29 is 18.0 Å². The van der Waals surface area contributed by atoms with Crippen molar-refractivity contribution in [3.8, 4) is 0 Å². The van der Waals surface area contributed by atoms with E-state index in [4.69, 9.17) is 11.6 Å². The Labute approximate surface area is 175 Å². The zero-order valence-corrected chi connectivity index (χ0v) is 17.0. The molecule has 0 radical (unpaired) electrons. The molecule has 0 aliphatic carbocycles. The van der Waals surface area contributed by atoms with Crippen LogP contribution in [0.5, 0.6) is 0 Å². The van der Waals surface area contributed by atoms with Crippen LogP contribution < -0.4 is 5.69 Å². The molecule has 1 saturated heterocycles. The van der Waals surface area contributed by atoms with Crippen LogP contribution in [0.4, 0.5) is 13.2 Å². The van der Waals surface area contributed by atoms with Crippen molar-refractivity contribution in [3.05, 3.63) is 45.4 Å². The summed E-state index contributed by atoms with van der Waals surface area (Å²) in [5, 5.41) is 4.64.